The summed E-state index contributed by atoms with van der Waals surface area (Å²) in [7, 11) is 0. The number of carbonyl (C=O) groups is 1. The van der Waals surface area contributed by atoms with Crippen LogP contribution in [0.25, 0.3) is 0 Å². The summed E-state index contributed by atoms with van der Waals surface area (Å²) < 4.78 is 1.74. The molecule has 0 amide bonds. The molecular weight excluding hydrogens is 194 g/mol. The summed E-state index contributed by atoms with van der Waals surface area (Å²) in [5.74, 6) is -0.387. The van der Waals surface area contributed by atoms with Crippen molar-refractivity contribution in [2.24, 2.45) is 0 Å². The molecule has 1 N–H and O–H groups in total. The smallest absolute Gasteiger partial charge is 0.311 e. The molecular formula is C7H12ClN3O2. The van der Waals surface area contributed by atoms with Gasteiger partial charge in [-0.1, -0.05) is 0 Å². The van der Waals surface area contributed by atoms with E-state index in [-0.39, 0.29) is 24.9 Å². The van der Waals surface area contributed by atoms with Gasteiger partial charge < -0.3 is 9.67 Å². The Kier molecular flexibility index (Phi) is 4.40. The van der Waals surface area contributed by atoms with Crippen molar-refractivity contribution in [3.63, 3.8) is 0 Å². The second-order valence-corrected chi connectivity index (χ2v) is 2.82. The van der Waals surface area contributed by atoms with Gasteiger partial charge in [-0.15, -0.1) is 22.6 Å². The molecule has 13 heavy (non-hydrogen) atoms. The summed E-state index contributed by atoms with van der Waals surface area (Å²) in [6, 6.07) is 0.203. The first-order valence-electron chi connectivity index (χ1n) is 3.71. The van der Waals surface area contributed by atoms with Gasteiger partial charge in [0.05, 0.1) is 0 Å². The minimum Gasteiger partial charge on any atom is -0.481 e. The highest BCUT2D eigenvalue weighted by Gasteiger charge is 2.10. The van der Waals surface area contributed by atoms with Gasteiger partial charge in [0, 0.05) is 6.04 Å². The first-order chi connectivity index (χ1) is 5.61. The molecule has 0 radical (unpaired) electrons. The summed E-state index contributed by atoms with van der Waals surface area (Å²) in [4.78, 5) is 10.4. The zero-order chi connectivity index (χ0) is 9.14. The van der Waals surface area contributed by atoms with E-state index >= 15 is 0 Å². The third kappa shape index (κ3) is 3.02. The molecule has 74 valence electrons. The second kappa shape index (κ2) is 4.81. The molecule has 5 nitrogen and oxygen atoms in total. The normalized spacial score (nSPS) is 9.77. The molecule has 1 rings (SSSR count). The number of hydrogen-bond donors (Lipinski definition) is 1. The van der Waals surface area contributed by atoms with Crippen molar-refractivity contribution in [2.75, 3.05) is 0 Å². The summed E-state index contributed by atoms with van der Waals surface area (Å²) in [6.45, 7) is 3.91. The SMILES string of the molecule is CC(C)n1cnnc1CC(=O)O.Cl. The Morgan fingerprint density at radius 1 is 1.69 bits per heavy atom. The van der Waals surface area contributed by atoms with E-state index in [1.165, 1.54) is 0 Å². The summed E-state index contributed by atoms with van der Waals surface area (Å²) >= 11 is 0. The Bertz CT molecular complexity index is 285. The van der Waals surface area contributed by atoms with Crippen LogP contribution >= 0.6 is 12.4 Å². The highest BCUT2D eigenvalue weighted by atomic mass is 35.5. The van der Waals surface area contributed by atoms with E-state index in [1.54, 1.807) is 10.9 Å². The van der Waals surface area contributed by atoms with Crippen LogP contribution in [0.4, 0.5) is 0 Å². The fourth-order valence-electron chi connectivity index (χ4n) is 0.960. The highest BCUT2D eigenvalue weighted by molar-refractivity contribution is 5.85. The van der Waals surface area contributed by atoms with Crippen LogP contribution in [0.5, 0.6) is 0 Å². The molecule has 0 saturated heterocycles. The highest BCUT2D eigenvalue weighted by Crippen LogP contribution is 2.06. The number of aliphatic carboxylic acids is 1. The van der Waals surface area contributed by atoms with E-state index in [2.05, 4.69) is 10.2 Å². The Hall–Kier alpha value is -1.10. The minimum absolute atomic E-state index is 0. The van der Waals surface area contributed by atoms with Gasteiger partial charge in [-0.25, -0.2) is 0 Å². The monoisotopic (exact) mass is 205 g/mol. The van der Waals surface area contributed by atoms with E-state index in [4.69, 9.17) is 5.11 Å². The Morgan fingerprint density at radius 3 is 2.77 bits per heavy atom. The summed E-state index contributed by atoms with van der Waals surface area (Å²) in [5.41, 5.74) is 0. The molecule has 0 fully saturated rings. The maximum Gasteiger partial charge on any atom is 0.311 e. The third-order valence-electron chi connectivity index (χ3n) is 1.51. The largest absolute Gasteiger partial charge is 0.481 e. The van der Waals surface area contributed by atoms with E-state index in [1.807, 2.05) is 13.8 Å². The number of halogens is 1. The zero-order valence-corrected chi connectivity index (χ0v) is 8.28. The number of carboxylic acids is 1. The first kappa shape index (κ1) is 11.9. The lowest BCUT2D eigenvalue weighted by atomic mass is 10.3. The van der Waals surface area contributed by atoms with Crippen LogP contribution in [0, 0.1) is 0 Å². The average Bonchev–Trinajstić information content (AvgIpc) is 2.33. The Morgan fingerprint density at radius 2 is 2.31 bits per heavy atom. The molecule has 0 spiro atoms. The predicted molar refractivity (Wildman–Crippen MR) is 49.0 cm³/mol. The number of rotatable bonds is 3. The molecule has 0 unspecified atom stereocenters. The number of nitrogens with zero attached hydrogens (tertiary/aromatic N) is 3. The lowest BCUT2D eigenvalue weighted by Gasteiger charge is -2.07. The zero-order valence-electron chi connectivity index (χ0n) is 7.47. The molecule has 0 bridgehead atoms. The van der Waals surface area contributed by atoms with Crippen LogP contribution in [-0.2, 0) is 11.2 Å². The average molecular weight is 206 g/mol. The molecule has 0 aliphatic heterocycles. The van der Waals surface area contributed by atoms with Gasteiger partial charge in [0.1, 0.15) is 18.6 Å². The van der Waals surface area contributed by atoms with Gasteiger partial charge >= 0.3 is 5.97 Å². The molecule has 6 heteroatoms. The maximum absolute atomic E-state index is 10.4. The fraction of sp³-hybridized carbons (Fsp3) is 0.571. The molecule has 0 saturated carbocycles. The molecule has 1 aromatic rings. The van der Waals surface area contributed by atoms with Crippen LogP contribution < -0.4 is 0 Å². The second-order valence-electron chi connectivity index (χ2n) is 2.82. The molecule has 0 aromatic carbocycles. The quantitative estimate of drug-likeness (QED) is 0.797. The van der Waals surface area contributed by atoms with Crippen LogP contribution in [0.2, 0.25) is 0 Å². The van der Waals surface area contributed by atoms with Gasteiger partial charge in [0.2, 0.25) is 0 Å². The summed E-state index contributed by atoms with van der Waals surface area (Å²) in [6.07, 6.45) is 1.47. The Balaban J connectivity index is 0.00000144. The van der Waals surface area contributed by atoms with Crippen LogP contribution in [-0.4, -0.2) is 25.8 Å². The van der Waals surface area contributed by atoms with Crippen LogP contribution in [0.1, 0.15) is 25.7 Å². The van der Waals surface area contributed by atoms with Crippen molar-refractivity contribution in [3.05, 3.63) is 12.2 Å². The lowest BCUT2D eigenvalue weighted by molar-refractivity contribution is -0.136. The van der Waals surface area contributed by atoms with Gasteiger partial charge in [0.25, 0.3) is 0 Å². The maximum atomic E-state index is 10.4. The topological polar surface area (TPSA) is 68.0 Å². The van der Waals surface area contributed by atoms with Crippen LogP contribution in [0.15, 0.2) is 6.33 Å². The fourth-order valence-corrected chi connectivity index (χ4v) is 0.960. The van der Waals surface area contributed by atoms with Crippen molar-refractivity contribution in [3.8, 4) is 0 Å². The first-order valence-corrected chi connectivity index (χ1v) is 3.71. The minimum atomic E-state index is -0.884. The van der Waals surface area contributed by atoms with E-state index < -0.39 is 5.97 Å². The van der Waals surface area contributed by atoms with Gasteiger partial charge in [-0.2, -0.15) is 0 Å². The number of hydrogen-bond acceptors (Lipinski definition) is 3. The number of carboxylic acid groups (broad SMARTS) is 1. The van der Waals surface area contributed by atoms with E-state index in [0.717, 1.165) is 0 Å². The molecule has 0 aliphatic rings. The van der Waals surface area contributed by atoms with Crippen molar-refractivity contribution >= 4 is 18.4 Å². The molecule has 1 aromatic heterocycles. The van der Waals surface area contributed by atoms with Crippen molar-refractivity contribution in [2.45, 2.75) is 26.3 Å². The van der Waals surface area contributed by atoms with Gasteiger partial charge in [-0.3, -0.25) is 4.79 Å². The standard InChI is InChI=1S/C7H11N3O2.ClH/c1-5(2)10-4-8-9-6(10)3-7(11)12;/h4-5H,3H2,1-2H3,(H,11,12);1H. The van der Waals surface area contributed by atoms with Crippen molar-refractivity contribution in [1.29, 1.82) is 0 Å². The van der Waals surface area contributed by atoms with Crippen LogP contribution in [0.3, 0.4) is 0 Å². The van der Waals surface area contributed by atoms with Crippen molar-refractivity contribution < 1.29 is 9.90 Å². The number of aromatic nitrogens is 3. The Labute approximate surface area is 82.2 Å². The van der Waals surface area contributed by atoms with Gasteiger partial charge in [-0.05, 0) is 13.8 Å². The summed E-state index contributed by atoms with van der Waals surface area (Å²) in [5, 5.41) is 15.9. The van der Waals surface area contributed by atoms with E-state index in [0.29, 0.717) is 5.82 Å². The lowest BCUT2D eigenvalue weighted by Crippen LogP contribution is -2.10. The van der Waals surface area contributed by atoms with Crippen molar-refractivity contribution in [1.82, 2.24) is 14.8 Å². The van der Waals surface area contributed by atoms with E-state index in [9.17, 15) is 4.79 Å². The molecule has 0 atom stereocenters. The predicted octanol–water partition coefficient (Wildman–Crippen LogP) is 0.908. The molecule has 0 aliphatic carbocycles. The third-order valence-corrected chi connectivity index (χ3v) is 1.51. The van der Waals surface area contributed by atoms with Gasteiger partial charge in [0.15, 0.2) is 0 Å². The molecule has 1 heterocycles.